The summed E-state index contributed by atoms with van der Waals surface area (Å²) in [5.74, 6) is 6.84. The van der Waals surface area contributed by atoms with E-state index in [4.69, 9.17) is 5.73 Å². The molecule has 1 heterocycles. The molecule has 0 spiro atoms. The smallest absolute Gasteiger partial charge is 0.221 e. The third-order valence-corrected chi connectivity index (χ3v) is 12.9. The molecule has 2 aliphatic rings. The number of carbonyl (C=O) groups excluding carboxylic acids is 1. The minimum absolute atomic E-state index is 0.426. The topological polar surface area (TPSA) is 73.4 Å². The van der Waals surface area contributed by atoms with E-state index in [0.717, 1.165) is 43.8 Å². The Bertz CT molecular complexity index is 2420. The van der Waals surface area contributed by atoms with E-state index in [0.29, 0.717) is 19.5 Å². The molecule has 0 unspecified atom stereocenters. The predicted molar refractivity (Wildman–Crippen MR) is 217 cm³/mol. The summed E-state index contributed by atoms with van der Waals surface area (Å²) in [6.07, 6.45) is 12.4. The second-order valence-electron chi connectivity index (χ2n) is 13.8. The van der Waals surface area contributed by atoms with Gasteiger partial charge in [0, 0.05) is 66.0 Å². The van der Waals surface area contributed by atoms with Gasteiger partial charge in [-0.05, 0) is 110 Å². The monoisotopic (exact) mass is 690 g/mol. The number of nitrogens with zero attached hydrogens (tertiary/aromatic N) is 2. The van der Waals surface area contributed by atoms with E-state index in [1.54, 1.807) is 0 Å². The van der Waals surface area contributed by atoms with Crippen LogP contribution in [0.1, 0.15) is 33.4 Å². The van der Waals surface area contributed by atoms with Gasteiger partial charge in [-0.3, -0.25) is 10.2 Å². The number of nitrogens with two attached hydrogens (primary N) is 1. The highest BCUT2D eigenvalue weighted by Crippen LogP contribution is 2.66. The van der Waals surface area contributed by atoms with Gasteiger partial charge in [-0.25, -0.2) is 10.0 Å². The summed E-state index contributed by atoms with van der Waals surface area (Å²) in [7, 11) is 7.16. The number of fused-ring (bicyclic) bond motifs is 4. The lowest BCUT2D eigenvalue weighted by Gasteiger charge is -2.43. The molecule has 256 valence electrons. The summed E-state index contributed by atoms with van der Waals surface area (Å²) in [5, 5.41) is 4.40. The molecule has 51 heavy (non-hydrogen) atoms. The molecule has 7 rings (SSSR count). The number of carbonyl (C=O) groups is 1. The van der Waals surface area contributed by atoms with Gasteiger partial charge in [0.15, 0.2) is 0 Å². The average molecular weight is 691 g/mol. The van der Waals surface area contributed by atoms with Gasteiger partial charge >= 0.3 is 0 Å². The highest BCUT2D eigenvalue weighted by atomic mass is 32.3. The number of hydrazine groups is 1. The third kappa shape index (κ3) is 6.17. The van der Waals surface area contributed by atoms with Gasteiger partial charge in [-0.2, -0.15) is 10.0 Å². The Balaban J connectivity index is 1.29. The molecule has 7 heteroatoms. The molecule has 0 saturated carbocycles. The lowest BCUT2D eigenvalue weighted by molar-refractivity contribution is -0.462. The summed E-state index contributed by atoms with van der Waals surface area (Å²) in [4.78, 5) is 16.0. The highest BCUT2D eigenvalue weighted by Gasteiger charge is 2.35. The minimum atomic E-state index is -1.27. The zero-order valence-electron chi connectivity index (χ0n) is 30.1. The fourth-order valence-electron chi connectivity index (χ4n) is 7.30. The molecule has 0 aromatic heterocycles. The maximum absolute atomic E-state index is 11.0. The second kappa shape index (κ2) is 13.7. The standard InChI is InChI=1S/C44H43N5OS/c1-48(2)32-18-21-37-42(24-32)51(5,6)43-25-33(49(3)4)19-22-38(43)44(37)31-16-13-29(14-17-31)11-12-30-15-20-36-39(23-30)41(27-46-47-28-50)35-10-8-7-9-34(35)40(36)26-45/h7-10,13-25,28,46H,26-27,45H2,1-6H3/p+1. The SMILES string of the molecule is CN(C)c1ccc2c(c1)S(C)(C)C1=CC(=[N+](C)C)C=CC1=C2c1ccc(C#Cc2ccc3c(CN)c4ccccc4c(CNNC=O)c3c2)cc1. The lowest BCUT2D eigenvalue weighted by atomic mass is 9.89. The van der Waals surface area contributed by atoms with Crippen LogP contribution in [0.2, 0.25) is 0 Å². The number of nitrogens with one attached hydrogen (secondary N) is 2. The van der Waals surface area contributed by atoms with Gasteiger partial charge in [0.25, 0.3) is 0 Å². The number of amides is 1. The minimum Gasteiger partial charge on any atom is -0.378 e. The van der Waals surface area contributed by atoms with Crippen molar-refractivity contribution < 1.29 is 9.37 Å². The van der Waals surface area contributed by atoms with E-state index in [1.807, 2.05) is 12.1 Å². The van der Waals surface area contributed by atoms with Crippen molar-refractivity contribution in [1.82, 2.24) is 10.9 Å². The largest absolute Gasteiger partial charge is 0.378 e. The molecule has 0 saturated heterocycles. The van der Waals surface area contributed by atoms with Crippen LogP contribution in [0.5, 0.6) is 0 Å². The van der Waals surface area contributed by atoms with Crippen LogP contribution in [0.4, 0.5) is 5.69 Å². The maximum atomic E-state index is 11.0. The zero-order chi connectivity index (χ0) is 35.9. The van der Waals surface area contributed by atoms with Crippen molar-refractivity contribution in [3.05, 3.63) is 147 Å². The second-order valence-corrected chi connectivity index (χ2v) is 17.3. The van der Waals surface area contributed by atoms with E-state index in [2.05, 4.69) is 164 Å². The lowest BCUT2D eigenvalue weighted by Crippen LogP contribution is -2.29. The molecule has 5 aromatic rings. The van der Waals surface area contributed by atoms with Gasteiger partial charge in [0.2, 0.25) is 12.1 Å². The maximum Gasteiger partial charge on any atom is 0.221 e. The molecule has 1 aliphatic heterocycles. The van der Waals surface area contributed by atoms with Gasteiger partial charge in [-0.15, -0.1) is 0 Å². The Kier molecular flexibility index (Phi) is 9.17. The summed E-state index contributed by atoms with van der Waals surface area (Å²) in [6.45, 7) is 0.894. The van der Waals surface area contributed by atoms with Crippen LogP contribution >= 0.6 is 10.0 Å². The number of hydrogen-bond acceptors (Lipinski definition) is 4. The Labute approximate surface area is 302 Å². The van der Waals surface area contributed by atoms with Crippen molar-refractivity contribution in [2.75, 3.05) is 45.6 Å². The van der Waals surface area contributed by atoms with Crippen molar-refractivity contribution in [2.24, 2.45) is 5.73 Å². The molecule has 4 N–H and O–H groups in total. The first kappa shape index (κ1) is 34.1. The molecule has 0 fully saturated rings. The first-order chi connectivity index (χ1) is 24.6. The van der Waals surface area contributed by atoms with Crippen molar-refractivity contribution in [1.29, 1.82) is 0 Å². The summed E-state index contributed by atoms with van der Waals surface area (Å²) in [6, 6.07) is 30.2. The van der Waals surface area contributed by atoms with Crippen LogP contribution in [0.3, 0.4) is 0 Å². The van der Waals surface area contributed by atoms with Crippen LogP contribution in [0.15, 0.2) is 119 Å². The van der Waals surface area contributed by atoms with E-state index in [9.17, 15) is 4.79 Å². The van der Waals surface area contributed by atoms with Crippen LogP contribution in [0.25, 0.3) is 27.1 Å². The fraction of sp³-hybridized carbons (Fsp3) is 0.182. The highest BCUT2D eigenvalue weighted by molar-refractivity contribution is 8.36. The summed E-state index contributed by atoms with van der Waals surface area (Å²) < 4.78 is 2.19. The van der Waals surface area contributed by atoms with Crippen LogP contribution < -0.4 is 21.5 Å². The van der Waals surface area contributed by atoms with Gasteiger partial charge in [-0.1, -0.05) is 60.4 Å². The molecule has 1 aliphatic carbocycles. The van der Waals surface area contributed by atoms with Crippen LogP contribution in [-0.2, 0) is 17.9 Å². The van der Waals surface area contributed by atoms with Crippen molar-refractivity contribution in [2.45, 2.75) is 18.0 Å². The Morgan fingerprint density at radius 2 is 1.51 bits per heavy atom. The van der Waals surface area contributed by atoms with Crippen LogP contribution in [-0.4, -0.2) is 57.4 Å². The van der Waals surface area contributed by atoms with E-state index >= 15 is 0 Å². The first-order valence-corrected chi connectivity index (χ1v) is 19.5. The Morgan fingerprint density at radius 1 is 0.824 bits per heavy atom. The molecular weight excluding hydrogens is 647 g/mol. The van der Waals surface area contributed by atoms with E-state index in [-0.39, 0.29) is 0 Å². The Hall–Kier alpha value is -5.39. The summed E-state index contributed by atoms with van der Waals surface area (Å²) >= 11 is 0. The van der Waals surface area contributed by atoms with Crippen molar-refractivity contribution in [3.8, 4) is 11.8 Å². The normalized spacial score (nSPS) is 15.0. The fourth-order valence-corrected chi connectivity index (χ4v) is 9.81. The molecular formula is C44H44N5OS+. The molecule has 6 nitrogen and oxygen atoms in total. The first-order valence-electron chi connectivity index (χ1n) is 17.1. The van der Waals surface area contributed by atoms with E-state index in [1.165, 1.54) is 43.5 Å². The molecule has 1 amide bonds. The summed E-state index contributed by atoms with van der Waals surface area (Å²) in [5.41, 5.74) is 23.4. The third-order valence-electron chi connectivity index (χ3n) is 10.0. The Morgan fingerprint density at radius 3 is 2.20 bits per heavy atom. The van der Waals surface area contributed by atoms with Crippen molar-refractivity contribution in [3.63, 3.8) is 0 Å². The zero-order valence-corrected chi connectivity index (χ0v) is 30.9. The van der Waals surface area contributed by atoms with Gasteiger partial charge < -0.3 is 10.6 Å². The molecule has 0 bridgehead atoms. The molecule has 0 atom stereocenters. The molecule has 5 aromatic carbocycles. The molecule has 0 radical (unpaired) electrons. The number of hydrogen-bond donors (Lipinski definition) is 3. The number of allylic oxidation sites excluding steroid dienone is 4. The number of rotatable bonds is 7. The van der Waals surface area contributed by atoms with Crippen LogP contribution in [0, 0.1) is 11.8 Å². The average Bonchev–Trinajstić information content (AvgIpc) is 3.14. The predicted octanol–water partition coefficient (Wildman–Crippen LogP) is 7.07. The number of anilines is 1. The number of benzene rings is 5. The van der Waals surface area contributed by atoms with Gasteiger partial charge in [0.05, 0.1) is 0 Å². The van der Waals surface area contributed by atoms with Gasteiger partial charge in [0.1, 0.15) is 14.1 Å². The quantitative estimate of drug-likeness (QED) is 0.0427. The van der Waals surface area contributed by atoms with E-state index < -0.39 is 10.0 Å². The van der Waals surface area contributed by atoms with Crippen molar-refractivity contribution >= 4 is 55.0 Å².